The topological polar surface area (TPSA) is 9.37 Å². The molecule has 0 saturated heterocycles. The zero-order valence-corrected chi connectivity index (χ0v) is 13.3. The predicted octanol–water partition coefficient (Wildman–Crippen LogP) is 3.03. The summed E-state index contributed by atoms with van der Waals surface area (Å²) >= 11 is 7.28. The summed E-state index contributed by atoms with van der Waals surface area (Å²) in [5.74, 6) is 0. The van der Waals surface area contributed by atoms with Crippen LogP contribution in [0.2, 0.25) is 0 Å². The van der Waals surface area contributed by atoms with E-state index in [-0.39, 0.29) is 0 Å². The van der Waals surface area contributed by atoms with E-state index >= 15 is 0 Å². The second-order valence-electron chi connectivity index (χ2n) is 5.62. The molecule has 21 heavy (non-hydrogen) atoms. The number of quaternary nitrogens is 1. The third kappa shape index (κ3) is 2.44. The van der Waals surface area contributed by atoms with Gasteiger partial charge in [0.2, 0.25) is 0 Å². The summed E-state index contributed by atoms with van der Waals surface area (Å²) in [7, 11) is 0. The van der Waals surface area contributed by atoms with Crippen LogP contribution in [0.25, 0.3) is 10.2 Å². The van der Waals surface area contributed by atoms with Crippen molar-refractivity contribution in [1.82, 2.24) is 4.57 Å². The summed E-state index contributed by atoms with van der Waals surface area (Å²) < 4.78 is 4.58. The molecule has 2 nitrogen and oxygen atoms in total. The summed E-state index contributed by atoms with van der Waals surface area (Å²) in [6.07, 6.45) is 1.17. The minimum absolute atomic E-state index is 0.969. The average Bonchev–Trinajstić information content (AvgIpc) is 2.83. The van der Waals surface area contributed by atoms with Crippen LogP contribution in [-0.4, -0.2) is 11.1 Å². The Hall–Kier alpha value is -1.49. The molecule has 1 unspecified atom stereocenters. The average molecular weight is 313 g/mol. The van der Waals surface area contributed by atoms with Crippen LogP contribution in [-0.2, 0) is 19.6 Å². The number of fused-ring (bicyclic) bond motifs is 2. The van der Waals surface area contributed by atoms with E-state index in [9.17, 15) is 0 Å². The van der Waals surface area contributed by atoms with Crippen molar-refractivity contribution in [2.45, 2.75) is 19.6 Å². The summed E-state index contributed by atoms with van der Waals surface area (Å²) in [6, 6.07) is 17.3. The van der Waals surface area contributed by atoms with Gasteiger partial charge in [0, 0.05) is 12.0 Å². The number of nitrogens with zero attached hydrogens (tertiary/aromatic N) is 1. The van der Waals surface area contributed by atoms with Gasteiger partial charge in [-0.15, -0.1) is 11.3 Å². The Morgan fingerprint density at radius 2 is 1.81 bits per heavy atom. The van der Waals surface area contributed by atoms with Gasteiger partial charge in [0.05, 0.1) is 16.8 Å². The normalized spacial score (nSPS) is 17.8. The molecule has 2 aromatic carbocycles. The molecule has 0 fully saturated rings. The van der Waals surface area contributed by atoms with Crippen LogP contribution < -0.4 is 4.90 Å². The highest BCUT2D eigenvalue weighted by atomic mass is 32.1. The van der Waals surface area contributed by atoms with E-state index in [4.69, 9.17) is 12.2 Å². The predicted molar refractivity (Wildman–Crippen MR) is 90.3 cm³/mol. The van der Waals surface area contributed by atoms with Crippen molar-refractivity contribution >= 4 is 33.8 Å². The molecule has 1 N–H and O–H groups in total. The zero-order chi connectivity index (χ0) is 14.2. The number of para-hydroxylation sites is 1. The standard InChI is InChI=1S/C17H16N2S2/c20-17-19(15-7-3-4-8-16(15)21-17)12-18-10-9-13-5-1-2-6-14(13)11-18/h1-8H,9-12H2/p+1. The largest absolute Gasteiger partial charge is 0.313 e. The first-order valence-corrected chi connectivity index (χ1v) is 8.52. The molecular formula is C17H17N2S2+. The summed E-state index contributed by atoms with van der Waals surface area (Å²) in [5, 5.41) is 0. The summed E-state index contributed by atoms with van der Waals surface area (Å²) in [5.41, 5.74) is 4.28. The maximum Gasteiger partial charge on any atom is 0.166 e. The number of hydrogen-bond acceptors (Lipinski definition) is 2. The fraction of sp³-hybridized carbons (Fsp3) is 0.235. The van der Waals surface area contributed by atoms with Crippen molar-refractivity contribution in [3.05, 3.63) is 63.6 Å². The molecule has 0 saturated carbocycles. The first kappa shape index (κ1) is 13.2. The lowest BCUT2D eigenvalue weighted by Crippen LogP contribution is -3.11. The Morgan fingerprint density at radius 1 is 1.05 bits per heavy atom. The highest BCUT2D eigenvalue weighted by Gasteiger charge is 2.20. The molecule has 1 atom stereocenters. The van der Waals surface area contributed by atoms with Crippen LogP contribution in [0.3, 0.4) is 0 Å². The third-order valence-corrected chi connectivity index (χ3v) is 5.69. The van der Waals surface area contributed by atoms with Crippen molar-refractivity contribution in [1.29, 1.82) is 0 Å². The van der Waals surface area contributed by atoms with Crippen LogP contribution in [0.5, 0.6) is 0 Å². The quantitative estimate of drug-likeness (QED) is 0.716. The van der Waals surface area contributed by atoms with Gasteiger partial charge in [0.1, 0.15) is 6.54 Å². The van der Waals surface area contributed by atoms with Crippen molar-refractivity contribution < 1.29 is 4.90 Å². The lowest BCUT2D eigenvalue weighted by molar-refractivity contribution is -0.938. The molecule has 0 spiro atoms. The smallest absolute Gasteiger partial charge is 0.166 e. The lowest BCUT2D eigenvalue weighted by atomic mass is 10.0. The number of hydrogen-bond donors (Lipinski definition) is 1. The van der Waals surface area contributed by atoms with E-state index in [2.05, 4.69) is 53.1 Å². The van der Waals surface area contributed by atoms with Crippen molar-refractivity contribution in [2.24, 2.45) is 0 Å². The molecular weight excluding hydrogens is 296 g/mol. The van der Waals surface area contributed by atoms with E-state index in [1.54, 1.807) is 16.2 Å². The second-order valence-corrected chi connectivity index (χ2v) is 7.29. The second kappa shape index (κ2) is 5.37. The number of rotatable bonds is 2. The maximum absolute atomic E-state index is 5.57. The van der Waals surface area contributed by atoms with Gasteiger partial charge in [-0.3, -0.25) is 4.57 Å². The molecule has 4 rings (SSSR count). The summed E-state index contributed by atoms with van der Waals surface area (Å²) in [4.78, 5) is 1.59. The Kier molecular flexibility index (Phi) is 3.37. The molecule has 0 bridgehead atoms. The first-order valence-electron chi connectivity index (χ1n) is 7.30. The first-order chi connectivity index (χ1) is 10.3. The highest BCUT2D eigenvalue weighted by Crippen LogP contribution is 2.22. The van der Waals surface area contributed by atoms with E-state index in [0.29, 0.717) is 0 Å². The Balaban J connectivity index is 1.65. The molecule has 0 aliphatic carbocycles. The van der Waals surface area contributed by atoms with Gasteiger partial charge in [-0.05, 0) is 29.9 Å². The van der Waals surface area contributed by atoms with Crippen molar-refractivity contribution in [3.8, 4) is 0 Å². The van der Waals surface area contributed by atoms with E-state index in [1.165, 1.54) is 34.3 Å². The molecule has 1 aromatic heterocycles. The molecule has 1 aliphatic heterocycles. The van der Waals surface area contributed by atoms with Gasteiger partial charge >= 0.3 is 0 Å². The lowest BCUT2D eigenvalue weighted by Gasteiger charge is -2.26. The van der Waals surface area contributed by atoms with Crippen LogP contribution in [0.4, 0.5) is 0 Å². The van der Waals surface area contributed by atoms with Crippen molar-refractivity contribution in [3.63, 3.8) is 0 Å². The molecule has 4 heteroatoms. The van der Waals surface area contributed by atoms with Crippen molar-refractivity contribution in [2.75, 3.05) is 6.54 Å². The molecule has 106 valence electrons. The minimum atomic E-state index is 0.969. The SMILES string of the molecule is S=c1sc2ccccc2n1C[NH+]1CCc2ccccc2C1. The molecule has 1 aliphatic rings. The number of aromatic nitrogens is 1. The zero-order valence-electron chi connectivity index (χ0n) is 11.7. The van der Waals surface area contributed by atoms with E-state index < -0.39 is 0 Å². The van der Waals surface area contributed by atoms with Gasteiger partial charge in [0.15, 0.2) is 10.6 Å². The Morgan fingerprint density at radius 3 is 2.71 bits per heavy atom. The van der Waals surface area contributed by atoms with Gasteiger partial charge in [-0.25, -0.2) is 0 Å². The molecule has 3 aromatic rings. The minimum Gasteiger partial charge on any atom is -0.313 e. The van der Waals surface area contributed by atoms with Gasteiger partial charge in [0.25, 0.3) is 0 Å². The van der Waals surface area contributed by atoms with Crippen LogP contribution in [0.15, 0.2) is 48.5 Å². The monoisotopic (exact) mass is 313 g/mol. The number of nitrogens with one attached hydrogen (secondary N) is 1. The van der Waals surface area contributed by atoms with Crippen LogP contribution in [0.1, 0.15) is 11.1 Å². The van der Waals surface area contributed by atoms with Crippen LogP contribution >= 0.6 is 23.6 Å². The molecule has 2 heterocycles. The highest BCUT2D eigenvalue weighted by molar-refractivity contribution is 7.73. The van der Waals surface area contributed by atoms with Gasteiger partial charge < -0.3 is 4.90 Å². The maximum atomic E-state index is 5.57. The summed E-state index contributed by atoms with van der Waals surface area (Å²) in [6.45, 7) is 3.25. The van der Waals surface area contributed by atoms with Gasteiger partial charge in [-0.2, -0.15) is 0 Å². The number of thiazole rings is 1. The fourth-order valence-electron chi connectivity index (χ4n) is 3.17. The fourth-order valence-corrected chi connectivity index (χ4v) is 4.49. The molecule has 0 radical (unpaired) electrons. The third-order valence-electron chi connectivity index (χ3n) is 4.26. The van der Waals surface area contributed by atoms with Gasteiger partial charge in [-0.1, -0.05) is 36.4 Å². The molecule has 0 amide bonds. The van der Waals surface area contributed by atoms with Crippen LogP contribution in [0, 0.1) is 3.95 Å². The number of benzene rings is 2. The Bertz CT molecular complexity index is 847. The Labute approximate surface area is 133 Å². The van der Waals surface area contributed by atoms with E-state index in [0.717, 1.165) is 17.2 Å². The van der Waals surface area contributed by atoms with E-state index in [1.807, 2.05) is 0 Å².